The van der Waals surface area contributed by atoms with Gasteiger partial charge in [0.1, 0.15) is 0 Å². The summed E-state index contributed by atoms with van der Waals surface area (Å²) in [6.45, 7) is 7.76. The van der Waals surface area contributed by atoms with Crippen molar-refractivity contribution in [2.45, 2.75) is 39.7 Å². The SMILES string of the molecule is CC[C@H]1CN(C(=O)C(C)C)CC[C@@H]1N. The molecule has 14 heavy (non-hydrogen) atoms. The number of amides is 1. The van der Waals surface area contributed by atoms with Crippen LogP contribution in [-0.2, 0) is 4.79 Å². The molecule has 3 heteroatoms. The minimum Gasteiger partial charge on any atom is -0.342 e. The third kappa shape index (κ3) is 2.47. The number of hydrogen-bond donors (Lipinski definition) is 1. The van der Waals surface area contributed by atoms with Gasteiger partial charge >= 0.3 is 0 Å². The molecule has 0 aromatic heterocycles. The van der Waals surface area contributed by atoms with Gasteiger partial charge in [-0.15, -0.1) is 0 Å². The van der Waals surface area contributed by atoms with E-state index in [-0.39, 0.29) is 17.9 Å². The van der Waals surface area contributed by atoms with Gasteiger partial charge in [-0.1, -0.05) is 27.2 Å². The molecule has 1 aliphatic heterocycles. The van der Waals surface area contributed by atoms with Crippen molar-refractivity contribution in [3.63, 3.8) is 0 Å². The molecule has 82 valence electrons. The Morgan fingerprint density at radius 2 is 2.21 bits per heavy atom. The minimum atomic E-state index is 0.113. The number of hydrogen-bond acceptors (Lipinski definition) is 2. The summed E-state index contributed by atoms with van der Waals surface area (Å²) in [6, 6.07) is 0.288. The first-order chi connectivity index (χ1) is 6.56. The lowest BCUT2D eigenvalue weighted by atomic mass is 9.90. The first-order valence-corrected chi connectivity index (χ1v) is 5.60. The van der Waals surface area contributed by atoms with E-state index in [1.54, 1.807) is 0 Å². The van der Waals surface area contributed by atoms with Gasteiger partial charge in [0.25, 0.3) is 0 Å². The molecule has 1 saturated heterocycles. The van der Waals surface area contributed by atoms with Gasteiger partial charge in [0.2, 0.25) is 5.91 Å². The Balaban J connectivity index is 2.54. The third-order valence-corrected chi connectivity index (χ3v) is 3.12. The fourth-order valence-electron chi connectivity index (χ4n) is 2.05. The standard InChI is InChI=1S/C11H22N2O/c1-4-9-7-13(6-5-10(9)12)11(14)8(2)3/h8-10H,4-7,12H2,1-3H3/t9-,10-/m0/s1. The van der Waals surface area contributed by atoms with Crippen molar-refractivity contribution in [1.82, 2.24) is 4.90 Å². The van der Waals surface area contributed by atoms with Crippen LogP contribution in [0.4, 0.5) is 0 Å². The van der Waals surface area contributed by atoms with Crippen LogP contribution in [0.1, 0.15) is 33.6 Å². The molecule has 0 aromatic carbocycles. The Bertz CT molecular complexity index is 203. The molecule has 0 spiro atoms. The van der Waals surface area contributed by atoms with E-state index in [2.05, 4.69) is 6.92 Å². The second-order valence-corrected chi connectivity index (χ2v) is 4.56. The molecule has 0 bridgehead atoms. The first kappa shape index (κ1) is 11.5. The maximum absolute atomic E-state index is 11.8. The monoisotopic (exact) mass is 198 g/mol. The summed E-state index contributed by atoms with van der Waals surface area (Å²) in [5.74, 6) is 0.878. The molecule has 0 aromatic rings. The van der Waals surface area contributed by atoms with Crippen LogP contribution in [0.2, 0.25) is 0 Å². The summed E-state index contributed by atoms with van der Waals surface area (Å²) in [6.07, 6.45) is 2.03. The van der Waals surface area contributed by atoms with Gasteiger partial charge in [-0.05, 0) is 12.3 Å². The van der Waals surface area contributed by atoms with E-state index in [1.807, 2.05) is 18.7 Å². The van der Waals surface area contributed by atoms with E-state index in [0.717, 1.165) is 25.9 Å². The quantitative estimate of drug-likeness (QED) is 0.725. The molecule has 3 nitrogen and oxygen atoms in total. The topological polar surface area (TPSA) is 46.3 Å². The van der Waals surface area contributed by atoms with Gasteiger partial charge in [-0.2, -0.15) is 0 Å². The van der Waals surface area contributed by atoms with E-state index < -0.39 is 0 Å². The smallest absolute Gasteiger partial charge is 0.225 e. The molecule has 1 amide bonds. The van der Waals surface area contributed by atoms with Crippen molar-refractivity contribution >= 4 is 5.91 Å². The Kier molecular flexibility index (Phi) is 3.93. The van der Waals surface area contributed by atoms with Crippen molar-refractivity contribution < 1.29 is 4.79 Å². The van der Waals surface area contributed by atoms with E-state index in [0.29, 0.717) is 5.92 Å². The number of rotatable bonds is 2. The van der Waals surface area contributed by atoms with Gasteiger partial charge < -0.3 is 10.6 Å². The van der Waals surface area contributed by atoms with E-state index >= 15 is 0 Å². The van der Waals surface area contributed by atoms with Crippen molar-refractivity contribution in [3.8, 4) is 0 Å². The molecular formula is C11H22N2O. The first-order valence-electron chi connectivity index (χ1n) is 5.60. The Morgan fingerprint density at radius 1 is 1.57 bits per heavy atom. The number of likely N-dealkylation sites (tertiary alicyclic amines) is 1. The van der Waals surface area contributed by atoms with Crippen LogP contribution in [0.25, 0.3) is 0 Å². The second-order valence-electron chi connectivity index (χ2n) is 4.56. The third-order valence-electron chi connectivity index (χ3n) is 3.12. The predicted octanol–water partition coefficient (Wildman–Crippen LogP) is 1.23. The zero-order valence-electron chi connectivity index (χ0n) is 9.49. The molecule has 0 saturated carbocycles. The highest BCUT2D eigenvalue weighted by Crippen LogP contribution is 2.19. The lowest BCUT2D eigenvalue weighted by Crippen LogP contribution is -2.50. The number of nitrogens with two attached hydrogens (primary N) is 1. The molecule has 0 unspecified atom stereocenters. The van der Waals surface area contributed by atoms with Gasteiger partial charge in [0.05, 0.1) is 0 Å². The molecule has 1 aliphatic rings. The zero-order chi connectivity index (χ0) is 10.7. The van der Waals surface area contributed by atoms with Crippen molar-refractivity contribution in [1.29, 1.82) is 0 Å². The van der Waals surface area contributed by atoms with Gasteiger partial charge in [-0.3, -0.25) is 4.79 Å². The summed E-state index contributed by atoms with van der Waals surface area (Å²) >= 11 is 0. The number of carbonyl (C=O) groups excluding carboxylic acids is 1. The summed E-state index contributed by atoms with van der Waals surface area (Å²) in [5, 5.41) is 0. The van der Waals surface area contributed by atoms with Gasteiger partial charge in [-0.25, -0.2) is 0 Å². The average Bonchev–Trinajstić information content (AvgIpc) is 2.17. The van der Waals surface area contributed by atoms with Gasteiger partial charge in [0.15, 0.2) is 0 Å². The van der Waals surface area contributed by atoms with Crippen LogP contribution in [0, 0.1) is 11.8 Å². The molecule has 0 aliphatic carbocycles. The van der Waals surface area contributed by atoms with Crippen LogP contribution in [0.5, 0.6) is 0 Å². The molecular weight excluding hydrogens is 176 g/mol. The van der Waals surface area contributed by atoms with Crippen molar-refractivity contribution in [2.75, 3.05) is 13.1 Å². The summed E-state index contributed by atoms with van der Waals surface area (Å²) in [4.78, 5) is 13.7. The molecule has 1 rings (SSSR count). The highest BCUT2D eigenvalue weighted by atomic mass is 16.2. The lowest BCUT2D eigenvalue weighted by Gasteiger charge is -2.37. The highest BCUT2D eigenvalue weighted by Gasteiger charge is 2.28. The molecule has 2 atom stereocenters. The number of nitrogens with zero attached hydrogens (tertiary/aromatic N) is 1. The van der Waals surface area contributed by atoms with Crippen LogP contribution in [-0.4, -0.2) is 29.9 Å². The van der Waals surface area contributed by atoms with Crippen LogP contribution in [0.3, 0.4) is 0 Å². The number of piperidine rings is 1. The maximum atomic E-state index is 11.8. The molecule has 1 fully saturated rings. The van der Waals surface area contributed by atoms with Crippen LogP contribution < -0.4 is 5.73 Å². The fraction of sp³-hybridized carbons (Fsp3) is 0.909. The van der Waals surface area contributed by atoms with Crippen LogP contribution >= 0.6 is 0 Å². The summed E-state index contributed by atoms with van der Waals surface area (Å²) in [5.41, 5.74) is 5.99. The van der Waals surface area contributed by atoms with E-state index in [1.165, 1.54) is 0 Å². The largest absolute Gasteiger partial charge is 0.342 e. The molecule has 1 heterocycles. The van der Waals surface area contributed by atoms with E-state index in [4.69, 9.17) is 5.73 Å². The van der Waals surface area contributed by atoms with Crippen LogP contribution in [0.15, 0.2) is 0 Å². The highest BCUT2D eigenvalue weighted by molar-refractivity contribution is 5.78. The van der Waals surface area contributed by atoms with E-state index in [9.17, 15) is 4.79 Å². The fourth-order valence-corrected chi connectivity index (χ4v) is 2.05. The lowest BCUT2D eigenvalue weighted by molar-refractivity contribution is -0.136. The Hall–Kier alpha value is -0.570. The summed E-state index contributed by atoms with van der Waals surface area (Å²) in [7, 11) is 0. The minimum absolute atomic E-state index is 0.113. The number of carbonyl (C=O) groups is 1. The Morgan fingerprint density at radius 3 is 2.71 bits per heavy atom. The Labute approximate surface area is 86.6 Å². The predicted molar refractivity (Wildman–Crippen MR) is 57.8 cm³/mol. The summed E-state index contributed by atoms with van der Waals surface area (Å²) < 4.78 is 0. The zero-order valence-corrected chi connectivity index (χ0v) is 9.49. The molecule has 0 radical (unpaired) electrons. The normalized spacial score (nSPS) is 28.2. The van der Waals surface area contributed by atoms with Crippen molar-refractivity contribution in [2.24, 2.45) is 17.6 Å². The second kappa shape index (κ2) is 4.78. The van der Waals surface area contributed by atoms with Crippen molar-refractivity contribution in [3.05, 3.63) is 0 Å². The maximum Gasteiger partial charge on any atom is 0.225 e. The average molecular weight is 198 g/mol. The van der Waals surface area contributed by atoms with Gasteiger partial charge in [0, 0.05) is 25.0 Å². The molecule has 2 N–H and O–H groups in total.